The molecule has 0 aromatic carbocycles. The molecule has 0 amide bonds. The number of nitrogen functional groups attached to an aromatic ring is 1. The predicted molar refractivity (Wildman–Crippen MR) is 68.8 cm³/mol. The van der Waals surface area contributed by atoms with Gasteiger partial charge in [-0.05, 0) is 34.0 Å². The Morgan fingerprint density at radius 3 is 2.31 bits per heavy atom. The summed E-state index contributed by atoms with van der Waals surface area (Å²) < 4.78 is 1.85. The van der Waals surface area contributed by atoms with Crippen LogP contribution < -0.4 is 10.6 Å². The quantitative estimate of drug-likeness (QED) is 0.801. The van der Waals surface area contributed by atoms with Crippen LogP contribution in [0.25, 0.3) is 0 Å². The molecule has 0 radical (unpaired) electrons. The van der Waals surface area contributed by atoms with Crippen LogP contribution in [0, 0.1) is 6.92 Å². The average Bonchev–Trinajstić information content (AvgIpc) is 2.40. The van der Waals surface area contributed by atoms with E-state index < -0.39 is 0 Å². The van der Waals surface area contributed by atoms with E-state index in [9.17, 15) is 0 Å². The number of hydrogen-bond acceptors (Lipinski definition) is 4. The summed E-state index contributed by atoms with van der Waals surface area (Å²) in [6.07, 6.45) is 1.12. The Morgan fingerprint density at radius 2 is 1.88 bits per heavy atom. The van der Waals surface area contributed by atoms with Crippen LogP contribution in [0.3, 0.4) is 0 Å². The van der Waals surface area contributed by atoms with E-state index in [0.29, 0.717) is 0 Å². The molecular formula is C11H23N5. The Morgan fingerprint density at radius 1 is 1.25 bits per heavy atom. The van der Waals surface area contributed by atoms with Gasteiger partial charge in [0.05, 0.1) is 11.4 Å². The van der Waals surface area contributed by atoms with Crippen molar-refractivity contribution >= 4 is 11.5 Å². The molecule has 16 heavy (non-hydrogen) atoms. The third-order valence-electron chi connectivity index (χ3n) is 2.70. The maximum absolute atomic E-state index is 6.00. The lowest BCUT2D eigenvalue weighted by molar-refractivity contribution is 0.401. The number of aryl methyl sites for hydroxylation is 2. The average molecular weight is 225 g/mol. The number of hydrogen-bond donors (Lipinski definition) is 1. The van der Waals surface area contributed by atoms with E-state index in [0.717, 1.165) is 36.7 Å². The normalized spacial score (nSPS) is 11.1. The van der Waals surface area contributed by atoms with E-state index in [1.54, 1.807) is 0 Å². The van der Waals surface area contributed by atoms with Crippen molar-refractivity contribution in [1.82, 2.24) is 14.7 Å². The first kappa shape index (κ1) is 12.8. The minimum Gasteiger partial charge on any atom is -0.394 e. The van der Waals surface area contributed by atoms with Crippen molar-refractivity contribution < 1.29 is 0 Å². The minimum absolute atomic E-state index is 0.787. The van der Waals surface area contributed by atoms with Gasteiger partial charge in [-0.15, -0.1) is 0 Å². The highest BCUT2D eigenvalue weighted by molar-refractivity contribution is 5.65. The second kappa shape index (κ2) is 5.21. The minimum atomic E-state index is 0.787. The third-order valence-corrected chi connectivity index (χ3v) is 2.70. The van der Waals surface area contributed by atoms with Gasteiger partial charge in [-0.25, -0.2) is 0 Å². The van der Waals surface area contributed by atoms with Crippen LogP contribution in [0.1, 0.15) is 12.1 Å². The van der Waals surface area contributed by atoms with E-state index in [1.807, 2.05) is 18.7 Å². The molecule has 5 nitrogen and oxygen atoms in total. The standard InChI is InChI=1S/C11H23N5/c1-9-10(12)11(16(5)13-9)15(4)8-6-7-14(2)3/h6-8,12H2,1-5H3. The molecule has 0 aliphatic heterocycles. The van der Waals surface area contributed by atoms with Gasteiger partial charge in [-0.1, -0.05) is 0 Å². The van der Waals surface area contributed by atoms with Gasteiger partial charge in [0.1, 0.15) is 5.82 Å². The van der Waals surface area contributed by atoms with Crippen LogP contribution in [0.5, 0.6) is 0 Å². The Labute approximate surface area is 97.8 Å². The molecule has 92 valence electrons. The van der Waals surface area contributed by atoms with Gasteiger partial charge < -0.3 is 15.5 Å². The molecule has 0 spiro atoms. The van der Waals surface area contributed by atoms with E-state index in [-0.39, 0.29) is 0 Å². The van der Waals surface area contributed by atoms with Gasteiger partial charge in [-0.3, -0.25) is 4.68 Å². The summed E-state index contributed by atoms with van der Waals surface area (Å²) >= 11 is 0. The summed E-state index contributed by atoms with van der Waals surface area (Å²) in [6, 6.07) is 0. The number of rotatable bonds is 5. The first-order valence-electron chi connectivity index (χ1n) is 5.58. The summed E-state index contributed by atoms with van der Waals surface area (Å²) in [6.45, 7) is 4.01. The molecular weight excluding hydrogens is 202 g/mol. The molecule has 0 bridgehead atoms. The van der Waals surface area contributed by atoms with Gasteiger partial charge in [0.2, 0.25) is 0 Å². The van der Waals surface area contributed by atoms with Crippen molar-refractivity contribution in [2.75, 3.05) is 44.9 Å². The fourth-order valence-corrected chi connectivity index (χ4v) is 1.85. The molecule has 0 fully saturated rings. The van der Waals surface area contributed by atoms with Gasteiger partial charge >= 0.3 is 0 Å². The topological polar surface area (TPSA) is 50.3 Å². The number of aromatic nitrogens is 2. The second-order valence-electron chi connectivity index (χ2n) is 4.52. The summed E-state index contributed by atoms with van der Waals surface area (Å²) in [5.74, 6) is 1.01. The first-order valence-corrected chi connectivity index (χ1v) is 5.58. The van der Waals surface area contributed by atoms with Crippen LogP contribution in [-0.4, -0.2) is 48.9 Å². The third kappa shape index (κ3) is 2.88. The zero-order valence-electron chi connectivity index (χ0n) is 11.0. The Bertz CT molecular complexity index is 342. The van der Waals surface area contributed by atoms with Crippen LogP contribution in [-0.2, 0) is 7.05 Å². The van der Waals surface area contributed by atoms with Crippen molar-refractivity contribution in [2.45, 2.75) is 13.3 Å². The van der Waals surface area contributed by atoms with E-state index in [4.69, 9.17) is 5.73 Å². The van der Waals surface area contributed by atoms with Crippen LogP contribution in [0.2, 0.25) is 0 Å². The smallest absolute Gasteiger partial charge is 0.150 e. The molecule has 1 aromatic rings. The number of nitrogens with two attached hydrogens (primary N) is 1. The molecule has 0 aliphatic rings. The molecule has 5 heteroatoms. The lowest BCUT2D eigenvalue weighted by atomic mass is 10.3. The predicted octanol–water partition coefficient (Wildman–Crippen LogP) is 0.699. The monoisotopic (exact) mass is 225 g/mol. The van der Waals surface area contributed by atoms with Crippen molar-refractivity contribution in [3.63, 3.8) is 0 Å². The Kier molecular flexibility index (Phi) is 4.18. The molecule has 0 saturated carbocycles. The molecule has 1 heterocycles. The highest BCUT2D eigenvalue weighted by Gasteiger charge is 2.13. The summed E-state index contributed by atoms with van der Waals surface area (Å²) in [7, 11) is 8.16. The number of nitrogens with zero attached hydrogens (tertiary/aromatic N) is 4. The van der Waals surface area contributed by atoms with Gasteiger partial charge in [0.25, 0.3) is 0 Å². The summed E-state index contributed by atoms with van der Waals surface area (Å²) in [4.78, 5) is 4.35. The summed E-state index contributed by atoms with van der Waals surface area (Å²) in [5.41, 5.74) is 7.69. The zero-order valence-corrected chi connectivity index (χ0v) is 11.0. The molecule has 0 saturated heterocycles. The van der Waals surface area contributed by atoms with Crippen molar-refractivity contribution in [2.24, 2.45) is 7.05 Å². The summed E-state index contributed by atoms with van der Waals surface area (Å²) in [5, 5.41) is 4.31. The van der Waals surface area contributed by atoms with E-state index >= 15 is 0 Å². The SMILES string of the molecule is Cc1nn(C)c(N(C)CCCN(C)C)c1N. The zero-order chi connectivity index (χ0) is 12.3. The first-order chi connectivity index (χ1) is 7.43. The fourth-order valence-electron chi connectivity index (χ4n) is 1.85. The molecule has 0 atom stereocenters. The lowest BCUT2D eigenvalue weighted by Gasteiger charge is -2.20. The number of anilines is 2. The van der Waals surface area contributed by atoms with Crippen molar-refractivity contribution in [3.05, 3.63) is 5.69 Å². The van der Waals surface area contributed by atoms with Crippen LogP contribution in [0.4, 0.5) is 11.5 Å². The second-order valence-corrected chi connectivity index (χ2v) is 4.52. The van der Waals surface area contributed by atoms with Gasteiger partial charge in [-0.2, -0.15) is 5.10 Å². The van der Waals surface area contributed by atoms with Crippen molar-refractivity contribution in [1.29, 1.82) is 0 Å². The maximum atomic E-state index is 6.00. The van der Waals surface area contributed by atoms with E-state index in [1.165, 1.54) is 0 Å². The molecule has 1 aromatic heterocycles. The lowest BCUT2D eigenvalue weighted by Crippen LogP contribution is -2.25. The van der Waals surface area contributed by atoms with Crippen LogP contribution in [0.15, 0.2) is 0 Å². The fraction of sp³-hybridized carbons (Fsp3) is 0.727. The molecule has 0 aliphatic carbocycles. The highest BCUT2D eigenvalue weighted by Crippen LogP contribution is 2.24. The van der Waals surface area contributed by atoms with Crippen LogP contribution >= 0.6 is 0 Å². The highest BCUT2D eigenvalue weighted by atomic mass is 15.4. The Balaban J connectivity index is 2.62. The maximum Gasteiger partial charge on any atom is 0.150 e. The van der Waals surface area contributed by atoms with Gasteiger partial charge in [0.15, 0.2) is 0 Å². The molecule has 1 rings (SSSR count). The largest absolute Gasteiger partial charge is 0.394 e. The van der Waals surface area contributed by atoms with Crippen molar-refractivity contribution in [3.8, 4) is 0 Å². The molecule has 2 N–H and O–H groups in total. The van der Waals surface area contributed by atoms with E-state index in [2.05, 4.69) is 36.0 Å². The molecule has 0 unspecified atom stereocenters. The van der Waals surface area contributed by atoms with Gasteiger partial charge in [0, 0.05) is 20.6 Å². The Hall–Kier alpha value is -1.23.